The van der Waals surface area contributed by atoms with Crippen LogP contribution in [0.25, 0.3) is 5.82 Å². The number of hydrogen-bond donors (Lipinski definition) is 2. The Morgan fingerprint density at radius 1 is 1.35 bits per heavy atom. The number of rotatable bonds is 6. The Bertz CT molecular complexity index is 877. The lowest BCUT2D eigenvalue weighted by Crippen LogP contribution is -2.18. The predicted molar refractivity (Wildman–Crippen MR) is 88.8 cm³/mol. The summed E-state index contributed by atoms with van der Waals surface area (Å²) in [5, 5.41) is 15.9. The van der Waals surface area contributed by atoms with E-state index < -0.39 is 33.9 Å². The van der Waals surface area contributed by atoms with Crippen LogP contribution in [0.1, 0.15) is 31.5 Å². The number of nitrogens with one attached hydrogen (secondary N) is 1. The summed E-state index contributed by atoms with van der Waals surface area (Å²) in [5.74, 6) is -0.0396. The van der Waals surface area contributed by atoms with Crippen LogP contribution in [0.15, 0.2) is 23.2 Å². The Balaban J connectivity index is 2.64. The maximum atomic E-state index is 13.3. The fraction of sp³-hybridized carbons (Fsp3) is 0.467. The molecule has 11 heteroatoms. The van der Waals surface area contributed by atoms with E-state index in [2.05, 4.69) is 15.4 Å². The minimum Gasteiger partial charge on any atom is -0.391 e. The largest absolute Gasteiger partial charge is 0.435 e. The van der Waals surface area contributed by atoms with Crippen molar-refractivity contribution in [3.63, 3.8) is 0 Å². The first kappa shape index (κ1) is 20.2. The monoisotopic (exact) mass is 392 g/mol. The molecule has 0 fully saturated rings. The van der Waals surface area contributed by atoms with Gasteiger partial charge in [-0.05, 0) is 25.5 Å². The third-order valence-corrected chi connectivity index (χ3v) is 4.87. The number of hydrogen-bond acceptors (Lipinski definition) is 6. The van der Waals surface area contributed by atoms with Crippen LogP contribution < -0.4 is 5.32 Å². The topological polar surface area (TPSA) is 97.1 Å². The SMILES string of the molecule is CCC(C)Nc1c(CO)c(C(F)(F)F)nn1-c1ccc(S(C)(=O)=O)cn1. The highest BCUT2D eigenvalue weighted by atomic mass is 32.2. The molecular formula is C15H19F3N4O3S. The van der Waals surface area contributed by atoms with E-state index in [0.717, 1.165) is 17.1 Å². The van der Waals surface area contributed by atoms with Gasteiger partial charge in [0, 0.05) is 18.5 Å². The van der Waals surface area contributed by atoms with E-state index in [1.807, 2.05) is 6.92 Å². The van der Waals surface area contributed by atoms with Gasteiger partial charge in [0.2, 0.25) is 0 Å². The zero-order valence-electron chi connectivity index (χ0n) is 14.4. The van der Waals surface area contributed by atoms with Gasteiger partial charge in [0.15, 0.2) is 21.3 Å². The van der Waals surface area contributed by atoms with Crippen LogP contribution in [0.2, 0.25) is 0 Å². The average molecular weight is 392 g/mol. The highest BCUT2D eigenvalue weighted by molar-refractivity contribution is 7.90. The fourth-order valence-electron chi connectivity index (χ4n) is 2.19. The Kier molecular flexibility index (Phi) is 5.61. The van der Waals surface area contributed by atoms with Crippen molar-refractivity contribution in [2.24, 2.45) is 0 Å². The van der Waals surface area contributed by atoms with Gasteiger partial charge in [-0.15, -0.1) is 0 Å². The summed E-state index contributed by atoms with van der Waals surface area (Å²) < 4.78 is 63.8. The van der Waals surface area contributed by atoms with Crippen molar-refractivity contribution in [1.29, 1.82) is 0 Å². The molecule has 0 saturated carbocycles. The number of aromatic nitrogens is 3. The second kappa shape index (κ2) is 7.23. The van der Waals surface area contributed by atoms with Crippen molar-refractivity contribution in [1.82, 2.24) is 14.8 Å². The number of sulfone groups is 1. The van der Waals surface area contributed by atoms with E-state index in [0.29, 0.717) is 6.42 Å². The van der Waals surface area contributed by atoms with Gasteiger partial charge in [0.25, 0.3) is 0 Å². The molecule has 0 aliphatic carbocycles. The van der Waals surface area contributed by atoms with Crippen molar-refractivity contribution >= 4 is 15.7 Å². The highest BCUT2D eigenvalue weighted by Gasteiger charge is 2.39. The molecule has 0 saturated heterocycles. The lowest BCUT2D eigenvalue weighted by molar-refractivity contribution is -0.142. The molecule has 26 heavy (non-hydrogen) atoms. The average Bonchev–Trinajstić information content (AvgIpc) is 2.92. The Hall–Kier alpha value is -2.14. The molecule has 0 aliphatic rings. The molecule has 1 unspecified atom stereocenters. The Morgan fingerprint density at radius 2 is 2.00 bits per heavy atom. The molecular weight excluding hydrogens is 373 g/mol. The van der Waals surface area contributed by atoms with Crippen LogP contribution in [-0.4, -0.2) is 40.6 Å². The number of aliphatic hydroxyl groups is 1. The molecule has 0 amide bonds. The van der Waals surface area contributed by atoms with Crippen LogP contribution in [0, 0.1) is 0 Å². The van der Waals surface area contributed by atoms with E-state index in [1.54, 1.807) is 6.92 Å². The summed E-state index contributed by atoms with van der Waals surface area (Å²) in [5.41, 5.74) is -1.62. The number of aliphatic hydroxyl groups excluding tert-OH is 1. The summed E-state index contributed by atoms with van der Waals surface area (Å²) in [6.45, 7) is 2.75. The molecule has 0 bridgehead atoms. The van der Waals surface area contributed by atoms with Crippen molar-refractivity contribution in [3.05, 3.63) is 29.6 Å². The quantitative estimate of drug-likeness (QED) is 0.784. The van der Waals surface area contributed by atoms with Gasteiger partial charge in [0.05, 0.1) is 17.1 Å². The first-order valence-corrected chi connectivity index (χ1v) is 9.61. The van der Waals surface area contributed by atoms with E-state index in [-0.39, 0.29) is 22.6 Å². The van der Waals surface area contributed by atoms with E-state index in [1.165, 1.54) is 12.1 Å². The molecule has 144 valence electrons. The van der Waals surface area contributed by atoms with Crippen molar-refractivity contribution in [2.75, 3.05) is 11.6 Å². The van der Waals surface area contributed by atoms with E-state index in [9.17, 15) is 26.7 Å². The number of nitrogens with zero attached hydrogens (tertiary/aromatic N) is 3. The molecule has 0 spiro atoms. The number of halogens is 3. The van der Waals surface area contributed by atoms with E-state index >= 15 is 0 Å². The zero-order chi connectivity index (χ0) is 19.7. The molecule has 2 aromatic rings. The Labute approximate surface area is 148 Å². The van der Waals surface area contributed by atoms with Gasteiger partial charge in [0.1, 0.15) is 5.82 Å². The maximum absolute atomic E-state index is 13.3. The second-order valence-corrected chi connectivity index (χ2v) is 7.84. The molecule has 0 aromatic carbocycles. The fourth-order valence-corrected chi connectivity index (χ4v) is 2.75. The van der Waals surface area contributed by atoms with Crippen molar-refractivity contribution in [2.45, 2.75) is 44.0 Å². The summed E-state index contributed by atoms with van der Waals surface area (Å²) in [6, 6.07) is 2.30. The van der Waals surface area contributed by atoms with E-state index in [4.69, 9.17) is 0 Å². The summed E-state index contributed by atoms with van der Waals surface area (Å²) in [4.78, 5) is 3.85. The van der Waals surface area contributed by atoms with Gasteiger partial charge >= 0.3 is 6.18 Å². The van der Waals surface area contributed by atoms with Crippen LogP contribution in [0.5, 0.6) is 0 Å². The molecule has 2 aromatic heterocycles. The number of pyridine rings is 1. The molecule has 2 rings (SSSR count). The molecule has 1 atom stereocenters. The lowest BCUT2D eigenvalue weighted by Gasteiger charge is -2.16. The van der Waals surface area contributed by atoms with Crippen molar-refractivity contribution < 1.29 is 26.7 Å². The molecule has 2 heterocycles. The Morgan fingerprint density at radius 3 is 2.42 bits per heavy atom. The number of anilines is 1. The van der Waals surface area contributed by atoms with Crippen molar-refractivity contribution in [3.8, 4) is 5.82 Å². The first-order valence-electron chi connectivity index (χ1n) is 7.72. The molecule has 0 radical (unpaired) electrons. The molecule has 7 nitrogen and oxygen atoms in total. The standard InChI is InChI=1S/C15H19F3N4O3S/c1-4-9(2)20-14-11(8-23)13(15(16,17)18)21-22(14)12-6-5-10(7-19-12)26(3,24)25/h5-7,9,20,23H,4,8H2,1-3H3. The van der Waals surface area contributed by atoms with Crippen LogP contribution >= 0.6 is 0 Å². The lowest BCUT2D eigenvalue weighted by atomic mass is 10.2. The third-order valence-electron chi connectivity index (χ3n) is 3.77. The third kappa shape index (κ3) is 4.15. The van der Waals surface area contributed by atoms with Gasteiger partial charge in [-0.1, -0.05) is 6.92 Å². The highest BCUT2D eigenvalue weighted by Crippen LogP contribution is 2.36. The van der Waals surface area contributed by atoms with Crippen LogP contribution in [0.3, 0.4) is 0 Å². The summed E-state index contributed by atoms with van der Waals surface area (Å²) in [7, 11) is -3.49. The van der Waals surface area contributed by atoms with Crippen LogP contribution in [0.4, 0.5) is 19.0 Å². The van der Waals surface area contributed by atoms with Gasteiger partial charge < -0.3 is 10.4 Å². The molecule has 2 N–H and O–H groups in total. The predicted octanol–water partition coefficient (Wildman–Crippen LogP) is 2.39. The van der Waals surface area contributed by atoms with Gasteiger partial charge in [-0.3, -0.25) is 0 Å². The maximum Gasteiger partial charge on any atom is 0.435 e. The zero-order valence-corrected chi connectivity index (χ0v) is 15.2. The van der Waals surface area contributed by atoms with Gasteiger partial charge in [-0.2, -0.15) is 23.0 Å². The number of alkyl halides is 3. The molecule has 0 aliphatic heterocycles. The normalized spacial score (nSPS) is 13.7. The minimum absolute atomic E-state index is 0.00611. The van der Waals surface area contributed by atoms with Gasteiger partial charge in [-0.25, -0.2) is 13.4 Å². The second-order valence-electron chi connectivity index (χ2n) is 5.82. The smallest absolute Gasteiger partial charge is 0.391 e. The first-order chi connectivity index (χ1) is 12.0. The van der Waals surface area contributed by atoms with Crippen LogP contribution in [-0.2, 0) is 22.6 Å². The summed E-state index contributed by atoms with van der Waals surface area (Å²) >= 11 is 0. The minimum atomic E-state index is -4.76. The summed E-state index contributed by atoms with van der Waals surface area (Å²) in [6.07, 6.45) is -2.09.